The van der Waals surface area contributed by atoms with E-state index in [1.807, 2.05) is 20.8 Å². The summed E-state index contributed by atoms with van der Waals surface area (Å²) in [4.78, 5) is 0.0176. The Bertz CT molecular complexity index is 487. The van der Waals surface area contributed by atoms with Crippen LogP contribution < -0.4 is 0 Å². The van der Waals surface area contributed by atoms with Gasteiger partial charge in [-0.2, -0.15) is 0 Å². The van der Waals surface area contributed by atoms with Crippen LogP contribution in [0.2, 0.25) is 0 Å². The fraction of sp³-hybridized carbons (Fsp3) is 0.385. The number of sulfone groups is 1. The highest BCUT2D eigenvalue weighted by molar-refractivity contribution is 7.92. The Morgan fingerprint density at radius 3 is 2.12 bits per heavy atom. The quantitative estimate of drug-likeness (QED) is 0.775. The predicted octanol–water partition coefficient (Wildman–Crippen LogP) is 3.28. The zero-order valence-corrected chi connectivity index (χ0v) is 11.0. The molecule has 0 spiro atoms. The van der Waals surface area contributed by atoms with Gasteiger partial charge in [-0.1, -0.05) is 37.6 Å². The molecular formula is C13H17FO2S. The van der Waals surface area contributed by atoms with Gasteiger partial charge in [0.2, 0.25) is 15.3 Å². The van der Waals surface area contributed by atoms with Crippen molar-refractivity contribution in [2.24, 2.45) is 5.92 Å². The van der Waals surface area contributed by atoms with Crippen molar-refractivity contribution in [3.8, 4) is 0 Å². The van der Waals surface area contributed by atoms with E-state index in [4.69, 9.17) is 0 Å². The highest BCUT2D eigenvalue weighted by atomic mass is 32.2. The van der Waals surface area contributed by atoms with E-state index in [0.29, 0.717) is 0 Å². The average Bonchev–Trinajstić information content (AvgIpc) is 2.26. The Morgan fingerprint density at radius 2 is 1.65 bits per heavy atom. The van der Waals surface area contributed by atoms with Gasteiger partial charge in [-0.15, -0.1) is 0 Å². The molecule has 0 amide bonds. The van der Waals surface area contributed by atoms with Gasteiger partial charge in [-0.25, -0.2) is 12.8 Å². The Labute approximate surface area is 102 Å². The Hall–Kier alpha value is -1.16. The molecule has 1 atom stereocenters. The van der Waals surface area contributed by atoms with Crippen molar-refractivity contribution >= 4 is 9.84 Å². The Kier molecular flexibility index (Phi) is 4.46. The maximum atomic E-state index is 13.7. The molecule has 1 aromatic rings. The van der Waals surface area contributed by atoms with Crippen LogP contribution >= 0.6 is 0 Å². The maximum Gasteiger partial charge on any atom is 0.223 e. The van der Waals surface area contributed by atoms with Crippen LogP contribution in [0.15, 0.2) is 41.3 Å². The van der Waals surface area contributed by atoms with E-state index in [2.05, 4.69) is 0 Å². The highest BCUT2D eigenvalue weighted by Crippen LogP contribution is 2.19. The summed E-state index contributed by atoms with van der Waals surface area (Å²) in [5.41, 5.74) is -1.04. The molecule has 17 heavy (non-hydrogen) atoms. The van der Waals surface area contributed by atoms with Crippen molar-refractivity contribution < 1.29 is 12.8 Å². The normalized spacial score (nSPS) is 14.4. The largest absolute Gasteiger partial charge is 0.225 e. The van der Waals surface area contributed by atoms with E-state index in [0.717, 1.165) is 11.6 Å². The van der Waals surface area contributed by atoms with Crippen LogP contribution in [-0.4, -0.2) is 13.9 Å². The minimum absolute atomic E-state index is 0.0176. The lowest BCUT2D eigenvalue weighted by Gasteiger charge is -2.07. The summed E-state index contributed by atoms with van der Waals surface area (Å²) in [6.07, 6.45) is 2.65. The molecule has 0 aliphatic rings. The molecule has 0 heterocycles. The molecule has 94 valence electrons. The third-order valence-corrected chi connectivity index (χ3v) is 3.97. The van der Waals surface area contributed by atoms with Gasteiger partial charge in [0, 0.05) is 0 Å². The van der Waals surface area contributed by atoms with Crippen LogP contribution in [0.3, 0.4) is 0 Å². The van der Waals surface area contributed by atoms with Gasteiger partial charge < -0.3 is 0 Å². The molecule has 0 saturated carbocycles. The molecule has 0 saturated heterocycles. The summed E-state index contributed by atoms with van der Waals surface area (Å²) >= 11 is 0. The molecule has 1 rings (SSSR count). The summed E-state index contributed by atoms with van der Waals surface area (Å²) in [6.45, 7) is 5.57. The SMILES string of the molecule is Cc1ccc(S(=O)(=O)C(F)/C=C\C(C)C)cc1. The third-order valence-electron chi connectivity index (χ3n) is 2.29. The van der Waals surface area contributed by atoms with E-state index < -0.39 is 15.3 Å². The fourth-order valence-electron chi connectivity index (χ4n) is 1.27. The number of halogens is 1. The second kappa shape index (κ2) is 5.45. The topological polar surface area (TPSA) is 34.1 Å². The van der Waals surface area contributed by atoms with Gasteiger partial charge in [0.1, 0.15) is 0 Å². The molecule has 0 bridgehead atoms. The lowest BCUT2D eigenvalue weighted by Crippen LogP contribution is -2.14. The minimum Gasteiger partial charge on any atom is -0.225 e. The summed E-state index contributed by atoms with van der Waals surface area (Å²) in [5, 5.41) is 0. The van der Waals surface area contributed by atoms with Gasteiger partial charge in [0.25, 0.3) is 0 Å². The van der Waals surface area contributed by atoms with Crippen molar-refractivity contribution in [1.82, 2.24) is 0 Å². The van der Waals surface area contributed by atoms with E-state index >= 15 is 0 Å². The smallest absolute Gasteiger partial charge is 0.223 e. The molecule has 0 aromatic heterocycles. The van der Waals surface area contributed by atoms with Gasteiger partial charge in [0.15, 0.2) is 0 Å². The van der Waals surface area contributed by atoms with Crippen LogP contribution in [0.1, 0.15) is 19.4 Å². The molecule has 0 radical (unpaired) electrons. The number of benzene rings is 1. The van der Waals surface area contributed by atoms with Gasteiger partial charge >= 0.3 is 0 Å². The van der Waals surface area contributed by atoms with Crippen LogP contribution in [0.4, 0.5) is 4.39 Å². The molecule has 2 nitrogen and oxygen atoms in total. The first kappa shape index (κ1) is 13.9. The number of hydrogen-bond acceptors (Lipinski definition) is 2. The zero-order chi connectivity index (χ0) is 13.1. The van der Waals surface area contributed by atoms with E-state index in [1.54, 1.807) is 18.2 Å². The molecule has 0 N–H and O–H groups in total. The monoisotopic (exact) mass is 256 g/mol. The highest BCUT2D eigenvalue weighted by Gasteiger charge is 2.24. The maximum absolute atomic E-state index is 13.7. The van der Waals surface area contributed by atoms with Gasteiger partial charge in [-0.05, 0) is 31.1 Å². The first-order chi connectivity index (χ1) is 7.84. The molecule has 1 aromatic carbocycles. The van der Waals surface area contributed by atoms with Crippen molar-refractivity contribution in [3.05, 3.63) is 42.0 Å². The van der Waals surface area contributed by atoms with Crippen molar-refractivity contribution in [3.63, 3.8) is 0 Å². The third kappa shape index (κ3) is 3.66. The van der Waals surface area contributed by atoms with E-state index in [1.165, 1.54) is 12.1 Å². The summed E-state index contributed by atoms with van der Waals surface area (Å²) in [7, 11) is -3.90. The fourth-order valence-corrected chi connectivity index (χ4v) is 2.34. The Morgan fingerprint density at radius 1 is 1.12 bits per heavy atom. The lowest BCUT2D eigenvalue weighted by molar-refractivity contribution is 0.472. The molecule has 0 aliphatic carbocycles. The molecule has 0 fully saturated rings. The van der Waals surface area contributed by atoms with Crippen molar-refractivity contribution in [2.75, 3.05) is 0 Å². The predicted molar refractivity (Wildman–Crippen MR) is 67.2 cm³/mol. The summed E-state index contributed by atoms with van der Waals surface area (Å²) in [5.74, 6) is 0.126. The van der Waals surface area contributed by atoms with Crippen molar-refractivity contribution in [1.29, 1.82) is 0 Å². The van der Waals surface area contributed by atoms with Gasteiger partial charge in [0.05, 0.1) is 4.90 Å². The van der Waals surface area contributed by atoms with E-state index in [-0.39, 0.29) is 10.8 Å². The molecule has 1 unspecified atom stereocenters. The first-order valence-corrected chi connectivity index (χ1v) is 7.01. The lowest BCUT2D eigenvalue weighted by atomic mass is 10.2. The second-order valence-corrected chi connectivity index (χ2v) is 6.35. The number of hydrogen-bond donors (Lipinski definition) is 0. The Balaban J connectivity index is 2.99. The molecule has 4 heteroatoms. The molecular weight excluding hydrogens is 239 g/mol. The van der Waals surface area contributed by atoms with Crippen LogP contribution in [-0.2, 0) is 9.84 Å². The number of alkyl halides is 1. The molecule has 0 aliphatic heterocycles. The van der Waals surface area contributed by atoms with Crippen LogP contribution in [0.5, 0.6) is 0 Å². The van der Waals surface area contributed by atoms with E-state index in [9.17, 15) is 12.8 Å². The van der Waals surface area contributed by atoms with Crippen molar-refractivity contribution in [2.45, 2.75) is 31.2 Å². The van der Waals surface area contributed by atoms with Gasteiger partial charge in [-0.3, -0.25) is 0 Å². The standard InChI is InChI=1S/C13H17FO2S/c1-10(2)4-9-13(14)17(15,16)12-7-5-11(3)6-8-12/h4-10,13H,1-3H3/b9-4-. The number of rotatable bonds is 4. The first-order valence-electron chi connectivity index (χ1n) is 5.47. The minimum atomic E-state index is -3.90. The number of allylic oxidation sites excluding steroid dienone is 1. The zero-order valence-electron chi connectivity index (χ0n) is 10.2. The van der Waals surface area contributed by atoms with Crippen LogP contribution in [0, 0.1) is 12.8 Å². The summed E-state index contributed by atoms with van der Waals surface area (Å²) in [6, 6.07) is 6.18. The average molecular weight is 256 g/mol. The second-order valence-electron chi connectivity index (χ2n) is 4.34. The summed E-state index contributed by atoms with van der Waals surface area (Å²) < 4.78 is 37.3. The van der Waals surface area contributed by atoms with Crippen LogP contribution in [0.25, 0.3) is 0 Å². The number of aryl methyl sites for hydroxylation is 1.